The Kier molecular flexibility index (Phi) is 2.64. The quantitative estimate of drug-likeness (QED) is 0.741. The molecule has 2 aliphatic carbocycles. The summed E-state index contributed by atoms with van der Waals surface area (Å²) >= 11 is 0. The van der Waals surface area contributed by atoms with Crippen LogP contribution in [0.5, 0.6) is 0 Å². The van der Waals surface area contributed by atoms with Crippen molar-refractivity contribution in [1.82, 2.24) is 0 Å². The lowest BCUT2D eigenvalue weighted by atomic mass is 9.61. The maximum Gasteiger partial charge on any atom is 0.306 e. The molecule has 88 valence electrons. The Morgan fingerprint density at radius 1 is 1.44 bits per heavy atom. The Morgan fingerprint density at radius 3 is 2.75 bits per heavy atom. The molecule has 0 aromatic carbocycles. The summed E-state index contributed by atoms with van der Waals surface area (Å²) in [7, 11) is 0. The van der Waals surface area contributed by atoms with Gasteiger partial charge in [-0.1, -0.05) is 12.5 Å². The SMILES string of the molecule is CC1=C2C[C@H](C(=O)O)CC[C@@]2(C)CCC1=O. The van der Waals surface area contributed by atoms with Crippen molar-refractivity contribution in [2.75, 3.05) is 0 Å². The van der Waals surface area contributed by atoms with Crippen molar-refractivity contribution in [3.63, 3.8) is 0 Å². The maximum atomic E-state index is 11.7. The largest absolute Gasteiger partial charge is 0.481 e. The minimum atomic E-state index is -0.722. The maximum absolute atomic E-state index is 11.7. The highest BCUT2D eigenvalue weighted by molar-refractivity contribution is 5.97. The van der Waals surface area contributed by atoms with Crippen LogP contribution in [0.1, 0.15) is 46.0 Å². The van der Waals surface area contributed by atoms with Crippen LogP contribution in [-0.2, 0) is 9.59 Å². The van der Waals surface area contributed by atoms with Crippen LogP contribution in [0.3, 0.4) is 0 Å². The molecule has 2 aliphatic rings. The summed E-state index contributed by atoms with van der Waals surface area (Å²) in [6.45, 7) is 4.04. The van der Waals surface area contributed by atoms with E-state index in [2.05, 4.69) is 6.92 Å². The zero-order valence-corrected chi connectivity index (χ0v) is 9.88. The van der Waals surface area contributed by atoms with E-state index in [9.17, 15) is 9.59 Å². The molecule has 0 radical (unpaired) electrons. The van der Waals surface area contributed by atoms with Crippen LogP contribution in [0.15, 0.2) is 11.1 Å². The lowest BCUT2D eigenvalue weighted by molar-refractivity contribution is -0.143. The van der Waals surface area contributed by atoms with Crippen LogP contribution in [0, 0.1) is 11.3 Å². The second-order valence-corrected chi connectivity index (χ2v) is 5.37. The molecule has 0 bridgehead atoms. The van der Waals surface area contributed by atoms with Gasteiger partial charge in [0.25, 0.3) is 0 Å². The zero-order chi connectivity index (χ0) is 11.9. The van der Waals surface area contributed by atoms with E-state index in [1.54, 1.807) is 0 Å². The molecule has 0 unspecified atom stereocenters. The zero-order valence-electron chi connectivity index (χ0n) is 9.88. The number of ketones is 1. The summed E-state index contributed by atoms with van der Waals surface area (Å²) in [5.41, 5.74) is 2.03. The van der Waals surface area contributed by atoms with Gasteiger partial charge in [0.2, 0.25) is 0 Å². The highest BCUT2D eigenvalue weighted by atomic mass is 16.4. The summed E-state index contributed by atoms with van der Waals surface area (Å²) in [6, 6.07) is 0. The van der Waals surface area contributed by atoms with Gasteiger partial charge >= 0.3 is 5.97 Å². The van der Waals surface area contributed by atoms with Gasteiger partial charge < -0.3 is 5.11 Å². The van der Waals surface area contributed by atoms with E-state index in [1.165, 1.54) is 0 Å². The molecule has 16 heavy (non-hydrogen) atoms. The molecule has 0 heterocycles. The van der Waals surface area contributed by atoms with Crippen LogP contribution >= 0.6 is 0 Å². The van der Waals surface area contributed by atoms with Gasteiger partial charge in [-0.3, -0.25) is 9.59 Å². The number of aliphatic carboxylic acids is 1. The second-order valence-electron chi connectivity index (χ2n) is 5.37. The number of carbonyl (C=O) groups excluding carboxylic acids is 1. The molecule has 0 aromatic rings. The molecule has 0 aliphatic heterocycles. The molecule has 0 aromatic heterocycles. The summed E-state index contributed by atoms with van der Waals surface area (Å²) < 4.78 is 0. The first-order chi connectivity index (χ1) is 7.44. The monoisotopic (exact) mass is 222 g/mol. The van der Waals surface area contributed by atoms with Gasteiger partial charge in [-0.15, -0.1) is 0 Å². The molecular formula is C13H18O3. The van der Waals surface area contributed by atoms with E-state index < -0.39 is 5.97 Å². The predicted octanol–water partition coefficient (Wildman–Crippen LogP) is 2.56. The van der Waals surface area contributed by atoms with Crippen molar-refractivity contribution < 1.29 is 14.7 Å². The van der Waals surface area contributed by atoms with Gasteiger partial charge in [-0.25, -0.2) is 0 Å². The number of Topliss-reactive ketones (excluding diaryl/α,β-unsaturated/α-hetero) is 1. The highest BCUT2D eigenvalue weighted by Gasteiger charge is 2.41. The third-order valence-electron chi connectivity index (χ3n) is 4.35. The van der Waals surface area contributed by atoms with E-state index in [-0.39, 0.29) is 17.1 Å². The Hall–Kier alpha value is -1.12. The molecule has 2 rings (SSSR count). The van der Waals surface area contributed by atoms with Crippen molar-refractivity contribution in [2.24, 2.45) is 11.3 Å². The predicted molar refractivity (Wildman–Crippen MR) is 60.0 cm³/mol. The minimum Gasteiger partial charge on any atom is -0.481 e. The average Bonchev–Trinajstić information content (AvgIpc) is 2.24. The van der Waals surface area contributed by atoms with Gasteiger partial charge in [-0.05, 0) is 43.6 Å². The third kappa shape index (κ3) is 1.68. The molecule has 0 amide bonds. The third-order valence-corrected chi connectivity index (χ3v) is 4.35. The van der Waals surface area contributed by atoms with Crippen molar-refractivity contribution in [3.8, 4) is 0 Å². The van der Waals surface area contributed by atoms with Crippen LogP contribution < -0.4 is 0 Å². The van der Waals surface area contributed by atoms with E-state index in [0.717, 1.165) is 30.4 Å². The standard InChI is InChI=1S/C13H18O3/c1-8-10-7-9(12(15)16)3-5-13(10,2)6-4-11(8)14/h9H,3-7H2,1-2H3,(H,15,16)/t9-,13+/m1/s1. The smallest absolute Gasteiger partial charge is 0.306 e. The molecular weight excluding hydrogens is 204 g/mol. The summed E-state index contributed by atoms with van der Waals surface area (Å²) in [5, 5.41) is 9.06. The Bertz CT molecular complexity index is 381. The number of carbonyl (C=O) groups is 2. The van der Waals surface area contributed by atoms with Gasteiger partial charge in [-0.2, -0.15) is 0 Å². The number of fused-ring (bicyclic) bond motifs is 1. The number of rotatable bonds is 1. The normalized spacial score (nSPS) is 34.9. The topological polar surface area (TPSA) is 54.4 Å². The van der Waals surface area contributed by atoms with Gasteiger partial charge in [0.1, 0.15) is 0 Å². The minimum absolute atomic E-state index is 0.0872. The van der Waals surface area contributed by atoms with Gasteiger partial charge in [0.05, 0.1) is 5.92 Å². The first kappa shape index (κ1) is 11.4. The Labute approximate surface area is 95.5 Å². The summed E-state index contributed by atoms with van der Waals surface area (Å²) in [5.74, 6) is -0.803. The molecule has 1 fully saturated rings. The molecule has 3 nitrogen and oxygen atoms in total. The first-order valence-corrected chi connectivity index (χ1v) is 5.90. The molecule has 1 N–H and O–H groups in total. The Morgan fingerprint density at radius 2 is 2.12 bits per heavy atom. The Balaban J connectivity index is 2.34. The van der Waals surface area contributed by atoms with E-state index >= 15 is 0 Å². The van der Waals surface area contributed by atoms with Crippen LogP contribution in [0.25, 0.3) is 0 Å². The van der Waals surface area contributed by atoms with Gasteiger partial charge in [0.15, 0.2) is 5.78 Å². The number of allylic oxidation sites excluding steroid dienone is 2. The van der Waals surface area contributed by atoms with Crippen LogP contribution in [-0.4, -0.2) is 16.9 Å². The lowest BCUT2D eigenvalue weighted by Crippen LogP contribution is -2.35. The van der Waals surface area contributed by atoms with Crippen LogP contribution in [0.4, 0.5) is 0 Å². The average molecular weight is 222 g/mol. The van der Waals surface area contributed by atoms with Crippen molar-refractivity contribution in [3.05, 3.63) is 11.1 Å². The van der Waals surface area contributed by atoms with Crippen molar-refractivity contribution in [1.29, 1.82) is 0 Å². The molecule has 0 spiro atoms. The molecule has 0 saturated heterocycles. The molecule has 2 atom stereocenters. The van der Waals surface area contributed by atoms with Crippen molar-refractivity contribution in [2.45, 2.75) is 46.0 Å². The second kappa shape index (κ2) is 3.72. The highest BCUT2D eigenvalue weighted by Crippen LogP contribution is 2.50. The first-order valence-electron chi connectivity index (χ1n) is 5.90. The lowest BCUT2D eigenvalue weighted by Gasteiger charge is -2.42. The molecule has 1 saturated carbocycles. The number of hydrogen-bond donors (Lipinski definition) is 1. The van der Waals surface area contributed by atoms with E-state index in [4.69, 9.17) is 5.11 Å². The fourth-order valence-electron chi connectivity index (χ4n) is 3.08. The number of hydrogen-bond acceptors (Lipinski definition) is 2. The number of carboxylic acids is 1. The fourth-order valence-corrected chi connectivity index (χ4v) is 3.08. The van der Waals surface area contributed by atoms with Crippen LogP contribution in [0.2, 0.25) is 0 Å². The summed E-state index contributed by atoms with van der Waals surface area (Å²) in [6.07, 6.45) is 3.75. The van der Waals surface area contributed by atoms with E-state index in [0.29, 0.717) is 12.8 Å². The fraction of sp³-hybridized carbons (Fsp3) is 0.692. The molecule has 3 heteroatoms. The number of carboxylic acid groups (broad SMARTS) is 1. The van der Waals surface area contributed by atoms with E-state index in [1.807, 2.05) is 6.92 Å². The van der Waals surface area contributed by atoms with Crippen molar-refractivity contribution >= 4 is 11.8 Å². The summed E-state index contributed by atoms with van der Waals surface area (Å²) in [4.78, 5) is 22.7. The van der Waals surface area contributed by atoms with Gasteiger partial charge in [0, 0.05) is 6.42 Å².